The fourth-order valence-corrected chi connectivity index (χ4v) is 5.14. The van der Waals surface area contributed by atoms with Crippen LogP contribution in [0.4, 0.5) is 18.9 Å². The van der Waals surface area contributed by atoms with Crippen molar-refractivity contribution in [2.45, 2.75) is 25.6 Å². The van der Waals surface area contributed by atoms with Crippen molar-refractivity contribution < 1.29 is 26.0 Å². The Morgan fingerprint density at radius 2 is 1.82 bits per heavy atom. The standard InChI is InChI=1S/C22H23F3N4O3S/c23-18-10-11-28(15-18)12-13-33(30,31)29(19-4-2-1-3-5-19)14-16-6-8-17(9-7-16)21-26-27-22(32-21)20(24)25/h1-9,18,20H,10-15H2. The van der Waals surface area contributed by atoms with Crippen LogP contribution in [0.15, 0.2) is 59.0 Å². The number of nitrogens with zero attached hydrogens (tertiary/aromatic N) is 4. The molecule has 11 heteroatoms. The summed E-state index contributed by atoms with van der Waals surface area (Å²) in [5.74, 6) is -0.931. The normalized spacial score (nSPS) is 17.0. The first-order chi connectivity index (χ1) is 15.8. The molecule has 0 saturated carbocycles. The zero-order valence-electron chi connectivity index (χ0n) is 17.6. The Hall–Kier alpha value is -2.92. The van der Waals surface area contributed by atoms with E-state index in [9.17, 15) is 21.6 Å². The van der Waals surface area contributed by atoms with Gasteiger partial charge < -0.3 is 4.42 Å². The van der Waals surface area contributed by atoms with Crippen LogP contribution in [0.1, 0.15) is 24.3 Å². The quantitative estimate of drug-likeness (QED) is 0.460. The smallest absolute Gasteiger partial charge is 0.314 e. The number of anilines is 1. The number of hydrogen-bond donors (Lipinski definition) is 0. The zero-order chi connectivity index (χ0) is 23.4. The molecule has 3 aromatic rings. The molecule has 1 aliphatic rings. The first-order valence-corrected chi connectivity index (χ1v) is 12.1. The van der Waals surface area contributed by atoms with E-state index in [1.165, 1.54) is 4.31 Å². The summed E-state index contributed by atoms with van der Waals surface area (Å²) in [5, 5.41) is 6.93. The molecule has 1 atom stereocenters. The predicted molar refractivity (Wildman–Crippen MR) is 117 cm³/mol. The largest absolute Gasteiger partial charge is 0.415 e. The SMILES string of the molecule is O=S(=O)(CCN1CCC(F)C1)N(Cc1ccc(-c2nnc(C(F)F)o2)cc1)c1ccccc1. The molecule has 1 saturated heterocycles. The van der Waals surface area contributed by atoms with Crippen molar-refractivity contribution in [3.8, 4) is 11.5 Å². The van der Waals surface area contributed by atoms with Crippen molar-refractivity contribution in [3.63, 3.8) is 0 Å². The molecule has 0 bridgehead atoms. The summed E-state index contributed by atoms with van der Waals surface area (Å²) in [4.78, 5) is 1.82. The number of likely N-dealkylation sites (tertiary alicyclic amines) is 1. The summed E-state index contributed by atoms with van der Waals surface area (Å²) in [6, 6.07) is 15.3. The molecule has 0 N–H and O–H groups in total. The average Bonchev–Trinajstić information content (AvgIpc) is 3.46. The topological polar surface area (TPSA) is 79.5 Å². The van der Waals surface area contributed by atoms with E-state index in [1.807, 2.05) is 4.90 Å². The number of halogens is 3. The van der Waals surface area contributed by atoms with Crippen LogP contribution in [-0.4, -0.2) is 55.1 Å². The average molecular weight is 481 g/mol. The maximum atomic E-state index is 13.4. The molecule has 2 aromatic carbocycles. The number of aromatic nitrogens is 2. The fraction of sp³-hybridized carbons (Fsp3) is 0.364. The summed E-state index contributed by atoms with van der Waals surface area (Å²) >= 11 is 0. The molecule has 1 aromatic heterocycles. The van der Waals surface area contributed by atoms with E-state index >= 15 is 0 Å². The second-order valence-electron chi connectivity index (χ2n) is 7.79. The molecular weight excluding hydrogens is 457 g/mol. The molecule has 0 spiro atoms. The fourth-order valence-electron chi connectivity index (χ4n) is 3.65. The summed E-state index contributed by atoms with van der Waals surface area (Å²) in [7, 11) is -3.70. The molecular formula is C22H23F3N4O3S. The van der Waals surface area contributed by atoms with Gasteiger partial charge in [0, 0.05) is 25.2 Å². The van der Waals surface area contributed by atoms with Crippen molar-refractivity contribution in [3.05, 3.63) is 66.1 Å². The Kier molecular flexibility index (Phi) is 6.99. The van der Waals surface area contributed by atoms with Crippen LogP contribution in [0, 0.1) is 0 Å². The lowest BCUT2D eigenvalue weighted by molar-refractivity contribution is 0.116. The van der Waals surface area contributed by atoms with Crippen LogP contribution >= 0.6 is 0 Å². The molecule has 7 nitrogen and oxygen atoms in total. The monoisotopic (exact) mass is 480 g/mol. The highest BCUT2D eigenvalue weighted by molar-refractivity contribution is 7.92. The van der Waals surface area contributed by atoms with E-state index in [1.54, 1.807) is 54.6 Å². The highest BCUT2D eigenvalue weighted by atomic mass is 32.2. The molecule has 0 aliphatic carbocycles. The Bertz CT molecular complexity index is 1160. The highest BCUT2D eigenvalue weighted by Crippen LogP contribution is 2.26. The lowest BCUT2D eigenvalue weighted by Crippen LogP contribution is -2.37. The lowest BCUT2D eigenvalue weighted by Gasteiger charge is -2.26. The minimum Gasteiger partial charge on any atom is -0.415 e. The van der Waals surface area contributed by atoms with Gasteiger partial charge in [-0.3, -0.25) is 9.21 Å². The Morgan fingerprint density at radius 3 is 2.42 bits per heavy atom. The summed E-state index contributed by atoms with van der Waals surface area (Å²) in [6.07, 6.45) is -3.34. The predicted octanol–water partition coefficient (Wildman–Crippen LogP) is 4.05. The first kappa shape index (κ1) is 23.2. The molecule has 0 amide bonds. The van der Waals surface area contributed by atoms with Gasteiger partial charge in [-0.05, 0) is 36.2 Å². The van der Waals surface area contributed by atoms with E-state index in [-0.39, 0.29) is 31.3 Å². The van der Waals surface area contributed by atoms with Gasteiger partial charge in [0.15, 0.2) is 0 Å². The molecule has 1 aliphatic heterocycles. The van der Waals surface area contributed by atoms with Crippen molar-refractivity contribution in [1.82, 2.24) is 15.1 Å². The Balaban J connectivity index is 1.51. The molecule has 1 unspecified atom stereocenters. The summed E-state index contributed by atoms with van der Waals surface area (Å²) in [6.45, 7) is 1.14. The maximum absolute atomic E-state index is 13.4. The van der Waals surface area contributed by atoms with Gasteiger partial charge in [-0.2, -0.15) is 8.78 Å². The van der Waals surface area contributed by atoms with Crippen LogP contribution in [0.5, 0.6) is 0 Å². The van der Waals surface area contributed by atoms with Crippen molar-refractivity contribution in [1.29, 1.82) is 0 Å². The van der Waals surface area contributed by atoms with E-state index in [0.717, 1.165) is 0 Å². The Labute approximate surface area is 189 Å². The van der Waals surface area contributed by atoms with Crippen molar-refractivity contribution in [2.24, 2.45) is 0 Å². The molecule has 33 heavy (non-hydrogen) atoms. The van der Waals surface area contributed by atoms with Gasteiger partial charge >= 0.3 is 6.43 Å². The number of benzene rings is 2. The number of sulfonamides is 1. The number of rotatable bonds is 9. The third kappa shape index (κ3) is 5.72. The van der Waals surface area contributed by atoms with Gasteiger partial charge in [-0.25, -0.2) is 12.8 Å². The maximum Gasteiger partial charge on any atom is 0.314 e. The third-order valence-corrected chi connectivity index (χ3v) is 7.12. The molecule has 0 radical (unpaired) electrons. The molecule has 4 rings (SSSR count). The number of alkyl halides is 3. The minimum absolute atomic E-state index is 0.0406. The van der Waals surface area contributed by atoms with E-state index in [4.69, 9.17) is 4.42 Å². The molecule has 2 heterocycles. The van der Waals surface area contributed by atoms with Gasteiger partial charge in [0.1, 0.15) is 6.17 Å². The number of hydrogen-bond acceptors (Lipinski definition) is 6. The van der Waals surface area contributed by atoms with E-state index in [2.05, 4.69) is 10.2 Å². The summed E-state index contributed by atoms with van der Waals surface area (Å²) < 4.78 is 71.5. The zero-order valence-corrected chi connectivity index (χ0v) is 18.5. The van der Waals surface area contributed by atoms with Crippen LogP contribution in [-0.2, 0) is 16.6 Å². The minimum atomic E-state index is -3.70. The van der Waals surface area contributed by atoms with Gasteiger partial charge in [-0.1, -0.05) is 30.3 Å². The lowest BCUT2D eigenvalue weighted by atomic mass is 10.1. The van der Waals surface area contributed by atoms with E-state index in [0.29, 0.717) is 29.8 Å². The molecule has 176 valence electrons. The van der Waals surface area contributed by atoms with Crippen LogP contribution in [0.2, 0.25) is 0 Å². The van der Waals surface area contributed by atoms with Gasteiger partial charge in [-0.15, -0.1) is 10.2 Å². The molecule has 1 fully saturated rings. The third-order valence-electron chi connectivity index (χ3n) is 5.41. The number of para-hydroxylation sites is 1. The van der Waals surface area contributed by atoms with Crippen molar-refractivity contribution in [2.75, 3.05) is 29.7 Å². The van der Waals surface area contributed by atoms with Gasteiger partial charge in [0.2, 0.25) is 15.9 Å². The first-order valence-electron chi connectivity index (χ1n) is 10.4. The summed E-state index contributed by atoms with van der Waals surface area (Å²) in [5.41, 5.74) is 1.65. The van der Waals surface area contributed by atoms with Crippen LogP contribution in [0.3, 0.4) is 0 Å². The van der Waals surface area contributed by atoms with Crippen LogP contribution < -0.4 is 4.31 Å². The second-order valence-corrected chi connectivity index (χ2v) is 9.80. The van der Waals surface area contributed by atoms with Crippen molar-refractivity contribution >= 4 is 15.7 Å². The Morgan fingerprint density at radius 1 is 1.09 bits per heavy atom. The van der Waals surface area contributed by atoms with Crippen LogP contribution in [0.25, 0.3) is 11.5 Å². The van der Waals surface area contributed by atoms with Gasteiger partial charge in [0.05, 0.1) is 18.0 Å². The van der Waals surface area contributed by atoms with E-state index < -0.39 is 28.5 Å². The van der Waals surface area contributed by atoms with Gasteiger partial charge in [0.25, 0.3) is 5.89 Å². The highest BCUT2D eigenvalue weighted by Gasteiger charge is 2.27. The second kappa shape index (κ2) is 9.92.